The Balaban J connectivity index is 1.70. The molecule has 3 heterocycles. The minimum Gasteiger partial charge on any atom is -0.396 e. The van der Waals surface area contributed by atoms with Gasteiger partial charge in [-0.1, -0.05) is 0 Å². The number of nitrogens with zero attached hydrogens (tertiary/aromatic N) is 4. The largest absolute Gasteiger partial charge is 0.396 e. The molecular weight excluding hydrogens is 228 g/mol. The maximum atomic E-state index is 9.13. The lowest BCUT2D eigenvalue weighted by Crippen LogP contribution is -2.34. The van der Waals surface area contributed by atoms with Crippen molar-refractivity contribution in [3.05, 3.63) is 30.4 Å². The van der Waals surface area contributed by atoms with Gasteiger partial charge in [-0.2, -0.15) is 0 Å². The first-order valence-corrected chi connectivity index (χ1v) is 6.47. The molecule has 18 heavy (non-hydrogen) atoms. The van der Waals surface area contributed by atoms with Crippen LogP contribution in [0.4, 0.5) is 0 Å². The highest BCUT2D eigenvalue weighted by molar-refractivity contribution is 5.30. The van der Waals surface area contributed by atoms with E-state index >= 15 is 0 Å². The van der Waals surface area contributed by atoms with Crippen molar-refractivity contribution < 1.29 is 5.11 Å². The molecule has 1 aliphatic rings. The summed E-state index contributed by atoms with van der Waals surface area (Å²) in [7, 11) is 0. The zero-order chi connectivity index (χ0) is 12.4. The molecule has 0 saturated carbocycles. The monoisotopic (exact) mass is 246 g/mol. The number of piperidine rings is 1. The lowest BCUT2D eigenvalue weighted by atomic mass is 9.98. The number of aliphatic hydroxyl groups is 1. The zero-order valence-corrected chi connectivity index (χ0v) is 10.4. The molecule has 0 atom stereocenters. The predicted molar refractivity (Wildman–Crippen MR) is 68.1 cm³/mol. The van der Waals surface area contributed by atoms with Gasteiger partial charge in [0.1, 0.15) is 0 Å². The summed E-state index contributed by atoms with van der Waals surface area (Å²) in [6.45, 7) is 3.34. The van der Waals surface area contributed by atoms with Crippen LogP contribution in [-0.4, -0.2) is 44.1 Å². The predicted octanol–water partition coefficient (Wildman–Crippen LogP) is 0.934. The summed E-state index contributed by atoms with van der Waals surface area (Å²) >= 11 is 0. The molecule has 2 aromatic rings. The van der Waals surface area contributed by atoms with E-state index in [4.69, 9.17) is 5.11 Å². The average molecular weight is 246 g/mol. The third-order valence-corrected chi connectivity index (χ3v) is 3.72. The van der Waals surface area contributed by atoms with Gasteiger partial charge in [0.15, 0.2) is 0 Å². The number of hydrogen-bond acceptors (Lipinski definition) is 4. The molecule has 3 rings (SSSR count). The van der Waals surface area contributed by atoms with Gasteiger partial charge in [0, 0.05) is 25.5 Å². The number of likely N-dealkylation sites (tertiary alicyclic amines) is 1. The smallest absolute Gasteiger partial charge is 0.233 e. The van der Waals surface area contributed by atoms with Crippen molar-refractivity contribution in [2.24, 2.45) is 5.92 Å². The van der Waals surface area contributed by atoms with Crippen LogP contribution in [0.25, 0.3) is 5.78 Å². The first kappa shape index (κ1) is 11.6. The number of imidazole rings is 1. The topological polar surface area (TPSA) is 53.7 Å². The Kier molecular flexibility index (Phi) is 3.25. The molecule has 0 spiro atoms. The molecule has 0 aromatic carbocycles. The van der Waals surface area contributed by atoms with Gasteiger partial charge in [0.2, 0.25) is 5.78 Å². The molecular formula is C13H18N4O. The van der Waals surface area contributed by atoms with Crippen molar-refractivity contribution in [1.82, 2.24) is 19.3 Å². The number of aromatic nitrogens is 3. The average Bonchev–Trinajstić information content (AvgIpc) is 2.83. The molecule has 5 nitrogen and oxygen atoms in total. The SMILES string of the molecule is OCC1CCN(Cc2cnc3ncccn23)CC1. The van der Waals surface area contributed by atoms with E-state index in [1.807, 2.05) is 22.9 Å². The Bertz CT molecular complexity index is 516. The minimum atomic E-state index is 0.327. The van der Waals surface area contributed by atoms with Crippen molar-refractivity contribution in [3.63, 3.8) is 0 Å². The molecule has 0 aliphatic carbocycles. The van der Waals surface area contributed by atoms with Crippen molar-refractivity contribution in [2.75, 3.05) is 19.7 Å². The molecule has 2 aromatic heterocycles. The summed E-state index contributed by atoms with van der Waals surface area (Å²) in [4.78, 5) is 10.9. The Hall–Kier alpha value is -1.46. The molecule has 1 N–H and O–H groups in total. The molecule has 0 radical (unpaired) electrons. The van der Waals surface area contributed by atoms with E-state index in [1.165, 1.54) is 5.69 Å². The number of hydrogen-bond donors (Lipinski definition) is 1. The van der Waals surface area contributed by atoms with Crippen molar-refractivity contribution in [3.8, 4) is 0 Å². The van der Waals surface area contributed by atoms with Crippen molar-refractivity contribution >= 4 is 5.78 Å². The van der Waals surface area contributed by atoms with Crippen molar-refractivity contribution in [1.29, 1.82) is 0 Å². The van der Waals surface area contributed by atoms with Crippen LogP contribution in [0.3, 0.4) is 0 Å². The highest BCUT2D eigenvalue weighted by atomic mass is 16.3. The van der Waals surface area contributed by atoms with E-state index in [2.05, 4.69) is 14.9 Å². The second kappa shape index (κ2) is 5.04. The third-order valence-electron chi connectivity index (χ3n) is 3.72. The first-order valence-electron chi connectivity index (χ1n) is 6.47. The zero-order valence-electron chi connectivity index (χ0n) is 10.4. The summed E-state index contributed by atoms with van der Waals surface area (Å²) in [6, 6.07) is 1.93. The molecule has 0 amide bonds. The van der Waals surface area contributed by atoms with Crippen LogP contribution in [-0.2, 0) is 6.54 Å². The minimum absolute atomic E-state index is 0.327. The fraction of sp³-hybridized carbons (Fsp3) is 0.538. The highest BCUT2D eigenvalue weighted by Gasteiger charge is 2.19. The maximum Gasteiger partial charge on any atom is 0.233 e. The van der Waals surface area contributed by atoms with E-state index in [-0.39, 0.29) is 0 Å². The van der Waals surface area contributed by atoms with Crippen LogP contribution in [0.1, 0.15) is 18.5 Å². The molecule has 1 aliphatic heterocycles. The fourth-order valence-electron chi connectivity index (χ4n) is 2.55. The Morgan fingerprint density at radius 3 is 2.89 bits per heavy atom. The van der Waals surface area contributed by atoms with E-state index < -0.39 is 0 Å². The van der Waals surface area contributed by atoms with Gasteiger partial charge in [-0.3, -0.25) is 9.30 Å². The summed E-state index contributed by atoms with van der Waals surface area (Å²) in [6.07, 6.45) is 7.85. The van der Waals surface area contributed by atoms with Crippen LogP contribution in [0.15, 0.2) is 24.7 Å². The standard InChI is InChI=1S/C13H18N4O/c18-10-11-2-6-16(7-3-11)9-12-8-15-13-14-4-1-5-17(12)13/h1,4-5,8,11,18H,2-3,6-7,9-10H2. The second-order valence-corrected chi connectivity index (χ2v) is 4.94. The molecule has 5 heteroatoms. The molecule has 1 saturated heterocycles. The maximum absolute atomic E-state index is 9.13. The van der Waals surface area contributed by atoms with Gasteiger partial charge >= 0.3 is 0 Å². The van der Waals surface area contributed by atoms with E-state index in [0.29, 0.717) is 12.5 Å². The van der Waals surface area contributed by atoms with Gasteiger partial charge in [-0.05, 0) is 37.9 Å². The third kappa shape index (κ3) is 2.23. The fourth-order valence-corrected chi connectivity index (χ4v) is 2.55. The van der Waals surface area contributed by atoms with Crippen LogP contribution in [0.5, 0.6) is 0 Å². The lowest BCUT2D eigenvalue weighted by Gasteiger charge is -2.30. The molecule has 0 bridgehead atoms. The van der Waals surface area contributed by atoms with Gasteiger partial charge in [0.25, 0.3) is 0 Å². The Labute approximate surface area is 106 Å². The van der Waals surface area contributed by atoms with Gasteiger partial charge < -0.3 is 5.11 Å². The van der Waals surface area contributed by atoms with E-state index in [0.717, 1.165) is 38.3 Å². The first-order chi connectivity index (χ1) is 8.86. The summed E-state index contributed by atoms with van der Waals surface area (Å²) in [5.41, 5.74) is 1.18. The van der Waals surface area contributed by atoms with E-state index in [1.54, 1.807) is 6.20 Å². The normalized spacial score (nSPS) is 18.5. The van der Waals surface area contributed by atoms with Crippen LogP contribution >= 0.6 is 0 Å². The highest BCUT2D eigenvalue weighted by Crippen LogP contribution is 2.18. The van der Waals surface area contributed by atoms with Crippen molar-refractivity contribution in [2.45, 2.75) is 19.4 Å². The second-order valence-electron chi connectivity index (χ2n) is 4.94. The molecule has 96 valence electrons. The van der Waals surface area contributed by atoms with E-state index in [9.17, 15) is 0 Å². The Morgan fingerprint density at radius 1 is 1.28 bits per heavy atom. The van der Waals surface area contributed by atoms with Crippen LogP contribution < -0.4 is 0 Å². The van der Waals surface area contributed by atoms with Gasteiger partial charge in [0.05, 0.1) is 11.9 Å². The quantitative estimate of drug-likeness (QED) is 0.875. The summed E-state index contributed by atoms with van der Waals surface area (Å²) in [5, 5.41) is 9.13. The Morgan fingerprint density at radius 2 is 2.11 bits per heavy atom. The summed E-state index contributed by atoms with van der Waals surface area (Å²) < 4.78 is 2.04. The van der Waals surface area contributed by atoms with Gasteiger partial charge in [-0.15, -0.1) is 0 Å². The lowest BCUT2D eigenvalue weighted by molar-refractivity contribution is 0.126. The number of aliphatic hydroxyl groups excluding tert-OH is 1. The number of fused-ring (bicyclic) bond motifs is 1. The molecule has 0 unspecified atom stereocenters. The van der Waals surface area contributed by atoms with Crippen LogP contribution in [0.2, 0.25) is 0 Å². The van der Waals surface area contributed by atoms with Gasteiger partial charge in [-0.25, -0.2) is 9.97 Å². The van der Waals surface area contributed by atoms with Crippen LogP contribution in [0, 0.1) is 5.92 Å². The number of rotatable bonds is 3. The summed E-state index contributed by atoms with van der Waals surface area (Å²) in [5.74, 6) is 1.25. The molecule has 1 fully saturated rings.